The van der Waals surface area contributed by atoms with Crippen LogP contribution in [0.25, 0.3) is 0 Å². The Balaban J connectivity index is 2.14. The number of benzene rings is 1. The van der Waals surface area contributed by atoms with Crippen molar-refractivity contribution in [1.82, 2.24) is 4.90 Å². The van der Waals surface area contributed by atoms with Gasteiger partial charge in [0.05, 0.1) is 0 Å². The molecule has 1 aliphatic rings. The maximum atomic E-state index is 13.8. The van der Waals surface area contributed by atoms with E-state index >= 15 is 0 Å². The molecule has 1 aromatic rings. The number of hydrogen-bond donors (Lipinski definition) is 0. The van der Waals surface area contributed by atoms with Gasteiger partial charge in [-0.25, -0.2) is 8.78 Å². The molecule has 1 aromatic carbocycles. The third-order valence-electron chi connectivity index (χ3n) is 5.06. The highest BCUT2D eigenvalue weighted by molar-refractivity contribution is 5.19. The molecule has 1 unspecified atom stereocenters. The van der Waals surface area contributed by atoms with Gasteiger partial charge in [0, 0.05) is 18.7 Å². The first kappa shape index (κ1) is 15.4. The summed E-state index contributed by atoms with van der Waals surface area (Å²) in [6.07, 6.45) is 3.46. The predicted molar refractivity (Wildman–Crippen MR) is 78.4 cm³/mol. The summed E-state index contributed by atoms with van der Waals surface area (Å²) in [7, 11) is 0. The first-order valence-electron chi connectivity index (χ1n) is 7.64. The Kier molecular flexibility index (Phi) is 4.79. The van der Waals surface area contributed by atoms with Gasteiger partial charge in [-0.1, -0.05) is 26.8 Å². The van der Waals surface area contributed by atoms with Gasteiger partial charge in [-0.15, -0.1) is 0 Å². The van der Waals surface area contributed by atoms with E-state index in [0.29, 0.717) is 17.9 Å². The molecule has 1 aliphatic heterocycles. The Morgan fingerprint density at radius 2 is 1.90 bits per heavy atom. The van der Waals surface area contributed by atoms with Gasteiger partial charge in [-0.05, 0) is 49.3 Å². The van der Waals surface area contributed by atoms with Crippen LogP contribution in [0.15, 0.2) is 18.2 Å². The SMILES string of the molecule is CCC1(C(C)C)CCCN(Cc2c(F)cccc2F)C1. The predicted octanol–water partition coefficient (Wildman–Crippen LogP) is 4.61. The maximum Gasteiger partial charge on any atom is 0.130 e. The zero-order valence-corrected chi connectivity index (χ0v) is 12.8. The zero-order chi connectivity index (χ0) is 14.8. The van der Waals surface area contributed by atoms with E-state index in [2.05, 4.69) is 25.7 Å². The minimum absolute atomic E-state index is 0.211. The van der Waals surface area contributed by atoms with Gasteiger partial charge in [-0.3, -0.25) is 4.90 Å². The molecular formula is C17H25F2N. The van der Waals surface area contributed by atoms with Gasteiger partial charge in [0.15, 0.2) is 0 Å². The van der Waals surface area contributed by atoms with Gasteiger partial charge in [0.2, 0.25) is 0 Å². The second kappa shape index (κ2) is 6.21. The van der Waals surface area contributed by atoms with E-state index in [0.717, 1.165) is 25.9 Å². The Hall–Kier alpha value is -0.960. The molecule has 112 valence electrons. The fourth-order valence-corrected chi connectivity index (χ4v) is 3.47. The Bertz CT molecular complexity index is 438. The zero-order valence-electron chi connectivity index (χ0n) is 12.8. The smallest absolute Gasteiger partial charge is 0.130 e. The lowest BCUT2D eigenvalue weighted by Crippen LogP contribution is -2.45. The van der Waals surface area contributed by atoms with E-state index in [-0.39, 0.29) is 5.56 Å². The summed E-state index contributed by atoms with van der Waals surface area (Å²) in [5.74, 6) is -0.259. The summed E-state index contributed by atoms with van der Waals surface area (Å²) >= 11 is 0. The van der Waals surface area contributed by atoms with Crippen LogP contribution in [0.3, 0.4) is 0 Å². The van der Waals surface area contributed by atoms with Crippen LogP contribution in [-0.2, 0) is 6.54 Å². The van der Waals surface area contributed by atoms with Gasteiger partial charge in [0.1, 0.15) is 11.6 Å². The molecule has 3 heteroatoms. The molecule has 2 rings (SSSR count). The van der Waals surface area contributed by atoms with E-state index in [4.69, 9.17) is 0 Å². The van der Waals surface area contributed by atoms with Crippen LogP contribution in [0.5, 0.6) is 0 Å². The largest absolute Gasteiger partial charge is 0.298 e. The van der Waals surface area contributed by atoms with Crippen molar-refractivity contribution in [3.63, 3.8) is 0 Å². The second-order valence-corrected chi connectivity index (χ2v) is 6.39. The summed E-state index contributed by atoms with van der Waals surface area (Å²) < 4.78 is 27.5. The van der Waals surface area contributed by atoms with Crippen LogP contribution in [0, 0.1) is 23.0 Å². The topological polar surface area (TPSA) is 3.24 Å². The first-order valence-corrected chi connectivity index (χ1v) is 7.64. The molecule has 0 aliphatic carbocycles. The number of hydrogen-bond acceptors (Lipinski definition) is 1. The van der Waals surface area contributed by atoms with Crippen LogP contribution in [0.2, 0.25) is 0 Å². The van der Waals surface area contributed by atoms with Crippen molar-refractivity contribution in [3.05, 3.63) is 35.4 Å². The van der Waals surface area contributed by atoms with Crippen molar-refractivity contribution in [1.29, 1.82) is 0 Å². The fourth-order valence-electron chi connectivity index (χ4n) is 3.47. The van der Waals surface area contributed by atoms with Crippen molar-refractivity contribution in [2.75, 3.05) is 13.1 Å². The molecule has 0 N–H and O–H groups in total. The van der Waals surface area contributed by atoms with Crippen LogP contribution >= 0.6 is 0 Å². The summed E-state index contributed by atoms with van der Waals surface area (Å²) in [5.41, 5.74) is 0.503. The molecule has 1 heterocycles. The summed E-state index contributed by atoms with van der Waals surface area (Å²) in [6, 6.07) is 4.12. The summed E-state index contributed by atoms with van der Waals surface area (Å²) in [4.78, 5) is 2.22. The fraction of sp³-hybridized carbons (Fsp3) is 0.647. The molecular weight excluding hydrogens is 256 g/mol. The van der Waals surface area contributed by atoms with Crippen molar-refractivity contribution < 1.29 is 8.78 Å². The van der Waals surface area contributed by atoms with Crippen molar-refractivity contribution >= 4 is 0 Å². The molecule has 1 atom stereocenters. The maximum absolute atomic E-state index is 13.8. The average Bonchev–Trinajstić information content (AvgIpc) is 2.43. The number of nitrogens with zero attached hydrogens (tertiary/aromatic N) is 1. The highest BCUT2D eigenvalue weighted by atomic mass is 19.1. The normalized spacial score (nSPS) is 24.3. The van der Waals surface area contributed by atoms with Crippen LogP contribution in [0.1, 0.15) is 45.6 Å². The second-order valence-electron chi connectivity index (χ2n) is 6.39. The quantitative estimate of drug-likeness (QED) is 0.779. The van der Waals surface area contributed by atoms with Crippen LogP contribution < -0.4 is 0 Å². The van der Waals surface area contributed by atoms with Gasteiger partial charge >= 0.3 is 0 Å². The molecule has 20 heavy (non-hydrogen) atoms. The minimum Gasteiger partial charge on any atom is -0.298 e. The van der Waals surface area contributed by atoms with Gasteiger partial charge in [0.25, 0.3) is 0 Å². The molecule has 0 saturated carbocycles. The number of likely N-dealkylation sites (tertiary alicyclic amines) is 1. The summed E-state index contributed by atoms with van der Waals surface area (Å²) in [6.45, 7) is 9.00. The standard InChI is InChI=1S/C17H25F2N/c1-4-17(13(2)3)9-6-10-20(12-17)11-14-15(18)7-5-8-16(14)19/h5,7-8,13H,4,6,9-12H2,1-3H3. The van der Waals surface area contributed by atoms with Gasteiger partial charge in [-0.2, -0.15) is 0 Å². The molecule has 0 spiro atoms. The molecule has 1 fully saturated rings. The van der Waals surface area contributed by atoms with E-state index in [9.17, 15) is 8.78 Å². The number of rotatable bonds is 4. The number of piperidine rings is 1. The lowest BCUT2D eigenvalue weighted by molar-refractivity contribution is 0.0382. The van der Waals surface area contributed by atoms with Crippen LogP contribution in [-0.4, -0.2) is 18.0 Å². The molecule has 0 amide bonds. The lowest BCUT2D eigenvalue weighted by atomic mass is 9.69. The Morgan fingerprint density at radius 3 is 2.45 bits per heavy atom. The molecule has 0 bridgehead atoms. The van der Waals surface area contributed by atoms with E-state index in [1.165, 1.54) is 24.6 Å². The van der Waals surface area contributed by atoms with Crippen molar-refractivity contribution in [3.8, 4) is 0 Å². The lowest BCUT2D eigenvalue weighted by Gasteiger charge is -2.45. The van der Waals surface area contributed by atoms with E-state index in [1.54, 1.807) is 0 Å². The summed E-state index contributed by atoms with van der Waals surface area (Å²) in [5, 5.41) is 0. The van der Waals surface area contributed by atoms with Crippen molar-refractivity contribution in [2.24, 2.45) is 11.3 Å². The monoisotopic (exact) mass is 281 g/mol. The molecule has 0 aromatic heterocycles. The van der Waals surface area contributed by atoms with E-state index in [1.807, 2.05) is 0 Å². The van der Waals surface area contributed by atoms with Crippen molar-refractivity contribution in [2.45, 2.75) is 46.6 Å². The Labute approximate surface area is 121 Å². The highest BCUT2D eigenvalue weighted by Crippen LogP contribution is 2.40. The average molecular weight is 281 g/mol. The van der Waals surface area contributed by atoms with Gasteiger partial charge < -0.3 is 0 Å². The molecule has 0 radical (unpaired) electrons. The number of halogens is 2. The minimum atomic E-state index is -0.429. The Morgan fingerprint density at radius 1 is 1.25 bits per heavy atom. The first-order chi connectivity index (χ1) is 9.48. The molecule has 1 saturated heterocycles. The molecule has 1 nitrogen and oxygen atoms in total. The van der Waals surface area contributed by atoms with E-state index < -0.39 is 11.6 Å². The highest BCUT2D eigenvalue weighted by Gasteiger charge is 2.36. The third-order valence-corrected chi connectivity index (χ3v) is 5.06. The van der Waals surface area contributed by atoms with Crippen LogP contribution in [0.4, 0.5) is 8.78 Å². The third kappa shape index (κ3) is 3.03.